The second kappa shape index (κ2) is 7.27. The van der Waals surface area contributed by atoms with E-state index in [4.69, 9.17) is 16.0 Å². The molecule has 0 radical (unpaired) electrons. The average Bonchev–Trinajstić information content (AvgIpc) is 2.92. The molecule has 106 valence electrons. The number of rotatable bonds is 3. The molecule has 1 aromatic heterocycles. The van der Waals surface area contributed by atoms with Crippen LogP contribution >= 0.6 is 11.6 Å². The largest absolute Gasteiger partial charge is 0.545 e. The molecule has 0 bridgehead atoms. The Bertz CT molecular complexity index is 598. The van der Waals surface area contributed by atoms with E-state index in [1.54, 1.807) is 6.26 Å². The molecule has 0 aliphatic heterocycles. The maximum absolute atomic E-state index is 10.4. The molecule has 2 rings (SSSR count). The number of halogens is 1. The van der Waals surface area contributed by atoms with Crippen molar-refractivity contribution in [1.82, 2.24) is 0 Å². The van der Waals surface area contributed by atoms with Gasteiger partial charge in [0.2, 0.25) is 0 Å². The summed E-state index contributed by atoms with van der Waals surface area (Å²) >= 11 is 5.45. The van der Waals surface area contributed by atoms with Crippen molar-refractivity contribution in [2.75, 3.05) is 0 Å². The highest BCUT2D eigenvalue weighted by molar-refractivity contribution is 6.33. The molecule has 0 amide bonds. The number of carbonyl (C=O) groups is 1. The van der Waals surface area contributed by atoms with Gasteiger partial charge >= 0.3 is 0 Å². The van der Waals surface area contributed by atoms with Gasteiger partial charge in [-0.1, -0.05) is 11.6 Å². The molecule has 1 heterocycles. The molecule has 0 saturated heterocycles. The zero-order valence-corrected chi connectivity index (χ0v) is 11.0. The number of carboxylic acid groups (broad SMARTS) is 1. The van der Waals surface area contributed by atoms with Crippen LogP contribution in [0.25, 0.3) is 0 Å². The lowest BCUT2D eigenvalue weighted by Crippen LogP contribution is -2.47. The highest BCUT2D eigenvalue weighted by Gasteiger charge is 2.09. The molecule has 0 spiro atoms. The van der Waals surface area contributed by atoms with Crippen LogP contribution in [0.5, 0.6) is 0 Å². The molecule has 3 N–H and O–H groups in total. The van der Waals surface area contributed by atoms with Crippen molar-refractivity contribution in [3.63, 3.8) is 0 Å². The molecule has 0 aliphatic carbocycles. The van der Waals surface area contributed by atoms with E-state index in [9.17, 15) is 20.0 Å². The Labute approximate surface area is 118 Å². The Balaban J connectivity index is 0.000000240. The third-order valence-electron chi connectivity index (χ3n) is 2.21. The number of nitrogens with zero attached hydrogens (tertiary/aromatic N) is 1. The van der Waals surface area contributed by atoms with Gasteiger partial charge in [-0.2, -0.15) is 0 Å². The van der Waals surface area contributed by atoms with Crippen molar-refractivity contribution in [2.45, 2.75) is 6.54 Å². The van der Waals surface area contributed by atoms with Crippen LogP contribution < -0.4 is 10.8 Å². The lowest BCUT2D eigenvalue weighted by atomic mass is 10.2. The predicted molar refractivity (Wildman–Crippen MR) is 67.7 cm³/mol. The molecule has 1 aromatic carbocycles. The van der Waals surface area contributed by atoms with E-state index in [2.05, 4.69) is 5.73 Å². The summed E-state index contributed by atoms with van der Waals surface area (Å²) in [5, 5.41) is 20.5. The minimum absolute atomic E-state index is 0.0781. The van der Waals surface area contributed by atoms with Gasteiger partial charge < -0.3 is 20.1 Å². The van der Waals surface area contributed by atoms with Crippen molar-refractivity contribution in [3.05, 3.63) is 63.1 Å². The smallest absolute Gasteiger partial charge is 0.270 e. The predicted octanol–water partition coefficient (Wildman–Crippen LogP) is 0.633. The Morgan fingerprint density at radius 3 is 2.50 bits per heavy atom. The van der Waals surface area contributed by atoms with Gasteiger partial charge in [-0.3, -0.25) is 10.1 Å². The fourth-order valence-corrected chi connectivity index (χ4v) is 1.43. The standard InChI is InChI=1S/C7H4ClNO4.C5H7NO/c8-6-2-1-4(9(12)13)3-5(6)7(10)11;6-4-5-2-1-3-7-5/h1-3H,(H,10,11);1-3H,4,6H2. The second-order valence-electron chi connectivity index (χ2n) is 3.54. The first kappa shape index (κ1) is 15.7. The number of nitro benzene ring substituents is 1. The van der Waals surface area contributed by atoms with Gasteiger partial charge in [0, 0.05) is 17.7 Å². The number of hydrogen-bond donors (Lipinski definition) is 1. The molecule has 0 fully saturated rings. The van der Waals surface area contributed by atoms with Gasteiger partial charge in [0.1, 0.15) is 6.54 Å². The molecular formula is C12H11ClN2O5. The molecule has 0 atom stereocenters. The summed E-state index contributed by atoms with van der Waals surface area (Å²) < 4.78 is 4.92. The lowest BCUT2D eigenvalue weighted by molar-refractivity contribution is -0.390. The summed E-state index contributed by atoms with van der Waals surface area (Å²) in [5.41, 5.74) is 2.93. The summed E-state index contributed by atoms with van der Waals surface area (Å²) in [6.45, 7) is 0.743. The van der Waals surface area contributed by atoms with E-state index in [1.165, 1.54) is 0 Å². The van der Waals surface area contributed by atoms with Crippen molar-refractivity contribution < 1.29 is 25.0 Å². The monoisotopic (exact) mass is 298 g/mol. The summed E-state index contributed by atoms with van der Waals surface area (Å²) in [6, 6.07) is 6.89. The van der Waals surface area contributed by atoms with Gasteiger partial charge in [-0.15, -0.1) is 0 Å². The number of carbonyl (C=O) groups excluding carboxylic acids is 1. The van der Waals surface area contributed by atoms with Crippen molar-refractivity contribution >= 4 is 23.3 Å². The van der Waals surface area contributed by atoms with Crippen LogP contribution in [-0.2, 0) is 6.54 Å². The van der Waals surface area contributed by atoms with Crippen LogP contribution in [0, 0.1) is 10.1 Å². The highest BCUT2D eigenvalue weighted by atomic mass is 35.5. The van der Waals surface area contributed by atoms with Gasteiger partial charge in [0.15, 0.2) is 5.76 Å². The molecule has 7 nitrogen and oxygen atoms in total. The van der Waals surface area contributed by atoms with Crippen LogP contribution in [-0.4, -0.2) is 10.9 Å². The summed E-state index contributed by atoms with van der Waals surface area (Å²) in [6.07, 6.45) is 1.65. The van der Waals surface area contributed by atoms with Gasteiger partial charge in [0.25, 0.3) is 5.69 Å². The van der Waals surface area contributed by atoms with E-state index >= 15 is 0 Å². The van der Waals surface area contributed by atoms with Crippen molar-refractivity contribution in [3.8, 4) is 0 Å². The van der Waals surface area contributed by atoms with E-state index in [-0.39, 0.29) is 16.3 Å². The number of non-ortho nitro benzene ring substituents is 1. The molecule has 2 aromatic rings. The third-order valence-corrected chi connectivity index (χ3v) is 2.54. The number of quaternary nitrogens is 1. The normalized spacial score (nSPS) is 9.50. The van der Waals surface area contributed by atoms with Crippen LogP contribution in [0.3, 0.4) is 0 Å². The van der Waals surface area contributed by atoms with Gasteiger partial charge in [-0.25, -0.2) is 0 Å². The second-order valence-corrected chi connectivity index (χ2v) is 3.95. The van der Waals surface area contributed by atoms with Gasteiger partial charge in [-0.05, 0) is 18.2 Å². The van der Waals surface area contributed by atoms with E-state index in [0.29, 0.717) is 0 Å². The average molecular weight is 299 g/mol. The Morgan fingerprint density at radius 1 is 1.40 bits per heavy atom. The first-order chi connectivity index (χ1) is 9.45. The molecule has 0 aliphatic rings. The number of hydrogen-bond acceptors (Lipinski definition) is 5. The molecule has 0 unspecified atom stereocenters. The van der Waals surface area contributed by atoms with E-state index in [1.807, 2.05) is 12.1 Å². The van der Waals surface area contributed by atoms with Crippen molar-refractivity contribution in [1.29, 1.82) is 0 Å². The Kier molecular flexibility index (Phi) is 5.70. The molecule has 8 heteroatoms. The quantitative estimate of drug-likeness (QED) is 0.657. The third kappa shape index (κ3) is 4.38. The van der Waals surface area contributed by atoms with Crippen LogP contribution in [0.1, 0.15) is 16.1 Å². The van der Waals surface area contributed by atoms with E-state index in [0.717, 1.165) is 30.5 Å². The van der Waals surface area contributed by atoms with Gasteiger partial charge in [0.05, 0.1) is 22.2 Å². The fraction of sp³-hybridized carbons (Fsp3) is 0.0833. The minimum Gasteiger partial charge on any atom is -0.545 e. The number of carboxylic acids is 1. The lowest BCUT2D eigenvalue weighted by Gasteiger charge is -2.03. The number of benzene rings is 1. The first-order valence-corrected chi connectivity index (χ1v) is 5.80. The number of aromatic carboxylic acids is 1. The highest BCUT2D eigenvalue weighted by Crippen LogP contribution is 2.21. The summed E-state index contributed by atoms with van der Waals surface area (Å²) in [7, 11) is 0. The molecule has 20 heavy (non-hydrogen) atoms. The van der Waals surface area contributed by atoms with Crippen LogP contribution in [0.2, 0.25) is 5.02 Å². The van der Waals surface area contributed by atoms with Crippen LogP contribution in [0.15, 0.2) is 41.0 Å². The zero-order valence-electron chi connectivity index (χ0n) is 10.2. The Hall–Kier alpha value is -2.38. The minimum atomic E-state index is -1.53. The fourth-order valence-electron chi connectivity index (χ4n) is 1.24. The topological polar surface area (TPSA) is 124 Å². The maximum atomic E-state index is 10.4. The van der Waals surface area contributed by atoms with E-state index < -0.39 is 10.9 Å². The number of nitro groups is 1. The SMILES string of the molecule is O=C([O-])c1cc([N+](=O)[O-])ccc1Cl.[NH3+]Cc1ccco1. The zero-order chi connectivity index (χ0) is 15.1. The van der Waals surface area contributed by atoms with Crippen LogP contribution in [0.4, 0.5) is 5.69 Å². The Morgan fingerprint density at radius 2 is 2.10 bits per heavy atom. The molecular weight excluding hydrogens is 288 g/mol. The maximum Gasteiger partial charge on any atom is 0.270 e. The molecule has 0 saturated carbocycles. The van der Waals surface area contributed by atoms with Crippen molar-refractivity contribution in [2.24, 2.45) is 0 Å². The summed E-state index contributed by atoms with van der Waals surface area (Å²) in [4.78, 5) is 19.9. The first-order valence-electron chi connectivity index (χ1n) is 5.42. The number of furan rings is 1. The summed E-state index contributed by atoms with van der Waals surface area (Å²) in [5.74, 6) is -0.589.